The minimum absolute atomic E-state index is 0.186. The maximum absolute atomic E-state index is 12.3. The largest absolute Gasteiger partial charge is 0.480 e. The predicted molar refractivity (Wildman–Crippen MR) is 96.7 cm³/mol. The molecule has 0 aliphatic heterocycles. The molecule has 8 N–H and O–H groups in total. The fourth-order valence-corrected chi connectivity index (χ4v) is 2.16. The maximum Gasteiger partial charge on any atom is 0.325 e. The van der Waals surface area contributed by atoms with Crippen molar-refractivity contribution in [2.75, 3.05) is 0 Å². The van der Waals surface area contributed by atoms with Crippen molar-refractivity contribution < 1.29 is 29.4 Å². The van der Waals surface area contributed by atoms with Gasteiger partial charge in [-0.25, -0.2) is 4.98 Å². The Morgan fingerprint density at radius 2 is 1.68 bits per heavy atom. The summed E-state index contributed by atoms with van der Waals surface area (Å²) in [7, 11) is 0. The molecular formula is C16H26N6O6. The van der Waals surface area contributed by atoms with E-state index in [1.54, 1.807) is 0 Å². The van der Waals surface area contributed by atoms with Gasteiger partial charge in [-0.2, -0.15) is 0 Å². The van der Waals surface area contributed by atoms with Crippen molar-refractivity contribution in [3.8, 4) is 0 Å². The van der Waals surface area contributed by atoms with E-state index in [1.165, 1.54) is 33.3 Å². The van der Waals surface area contributed by atoms with E-state index in [9.17, 15) is 24.3 Å². The topological polar surface area (TPSA) is 200 Å². The number of carboxylic acids is 1. The monoisotopic (exact) mass is 398 g/mol. The Bertz CT molecular complexity index is 692. The van der Waals surface area contributed by atoms with Crippen LogP contribution >= 0.6 is 0 Å². The number of aliphatic carboxylic acids is 1. The number of aliphatic hydroxyl groups is 1. The van der Waals surface area contributed by atoms with Gasteiger partial charge in [0.15, 0.2) is 0 Å². The number of nitrogens with two attached hydrogens (primary N) is 1. The number of hydrogen-bond acceptors (Lipinski definition) is 7. The summed E-state index contributed by atoms with van der Waals surface area (Å²) in [6.07, 6.45) is 1.86. The van der Waals surface area contributed by atoms with Crippen LogP contribution < -0.4 is 21.7 Å². The molecule has 5 unspecified atom stereocenters. The lowest BCUT2D eigenvalue weighted by Gasteiger charge is -2.24. The van der Waals surface area contributed by atoms with Crippen molar-refractivity contribution in [3.05, 3.63) is 18.2 Å². The third-order valence-electron chi connectivity index (χ3n) is 3.88. The highest BCUT2D eigenvalue weighted by Crippen LogP contribution is 1.99. The average Bonchev–Trinajstić information content (AvgIpc) is 3.11. The average molecular weight is 398 g/mol. The van der Waals surface area contributed by atoms with E-state index < -0.39 is 54.0 Å². The van der Waals surface area contributed by atoms with Crippen LogP contribution in [0.3, 0.4) is 0 Å². The van der Waals surface area contributed by atoms with Crippen LogP contribution in [-0.4, -0.2) is 74.1 Å². The van der Waals surface area contributed by atoms with Gasteiger partial charge < -0.3 is 36.9 Å². The molecule has 12 nitrogen and oxygen atoms in total. The van der Waals surface area contributed by atoms with Gasteiger partial charge in [-0.1, -0.05) is 0 Å². The summed E-state index contributed by atoms with van der Waals surface area (Å²) in [5.74, 6) is -3.47. The molecule has 0 saturated carbocycles. The Morgan fingerprint density at radius 1 is 1.07 bits per heavy atom. The van der Waals surface area contributed by atoms with E-state index >= 15 is 0 Å². The van der Waals surface area contributed by atoms with Gasteiger partial charge in [-0.15, -0.1) is 0 Å². The lowest BCUT2D eigenvalue weighted by molar-refractivity contribution is -0.142. The Labute approximate surface area is 161 Å². The van der Waals surface area contributed by atoms with E-state index in [0.717, 1.165) is 0 Å². The Hall–Kier alpha value is -2.99. The lowest BCUT2D eigenvalue weighted by Crippen LogP contribution is -2.59. The zero-order chi connectivity index (χ0) is 21.4. The summed E-state index contributed by atoms with van der Waals surface area (Å²) >= 11 is 0. The number of H-pyrrole nitrogens is 1. The first kappa shape index (κ1) is 23.0. The molecule has 156 valence electrons. The van der Waals surface area contributed by atoms with Crippen LogP contribution in [0.1, 0.15) is 26.5 Å². The highest BCUT2D eigenvalue weighted by Gasteiger charge is 2.30. The summed E-state index contributed by atoms with van der Waals surface area (Å²) < 4.78 is 0. The first-order valence-corrected chi connectivity index (χ1v) is 8.57. The van der Waals surface area contributed by atoms with Gasteiger partial charge in [0, 0.05) is 18.3 Å². The standard InChI is InChI=1S/C16H26N6O6/c1-7(20-14(25)11(17)4-10-5-18-6-19-10)13(24)22-12(9(3)23)15(26)21-8(2)16(27)28/h5-9,11-12,23H,4,17H2,1-3H3,(H,18,19)(H,20,25)(H,21,26)(H,22,24)(H,27,28). The van der Waals surface area contributed by atoms with Crippen molar-refractivity contribution >= 4 is 23.7 Å². The van der Waals surface area contributed by atoms with Gasteiger partial charge in [-0.3, -0.25) is 19.2 Å². The smallest absolute Gasteiger partial charge is 0.325 e. The molecule has 1 aromatic rings. The summed E-state index contributed by atoms with van der Waals surface area (Å²) in [4.78, 5) is 53.9. The molecule has 1 aromatic heterocycles. The highest BCUT2D eigenvalue weighted by molar-refractivity contribution is 5.94. The molecule has 0 radical (unpaired) electrons. The molecule has 12 heteroatoms. The second-order valence-corrected chi connectivity index (χ2v) is 6.41. The number of amides is 3. The minimum Gasteiger partial charge on any atom is -0.480 e. The number of carboxylic acid groups (broad SMARTS) is 1. The molecular weight excluding hydrogens is 372 g/mol. The van der Waals surface area contributed by atoms with Gasteiger partial charge in [0.05, 0.1) is 18.5 Å². The van der Waals surface area contributed by atoms with Gasteiger partial charge in [-0.05, 0) is 20.8 Å². The zero-order valence-corrected chi connectivity index (χ0v) is 15.8. The van der Waals surface area contributed by atoms with E-state index in [-0.39, 0.29) is 6.42 Å². The zero-order valence-electron chi connectivity index (χ0n) is 15.8. The van der Waals surface area contributed by atoms with Gasteiger partial charge in [0.1, 0.15) is 18.1 Å². The molecule has 0 bridgehead atoms. The van der Waals surface area contributed by atoms with Crippen LogP contribution in [0.4, 0.5) is 0 Å². The molecule has 0 saturated heterocycles. The Kier molecular flexibility index (Phi) is 8.54. The highest BCUT2D eigenvalue weighted by atomic mass is 16.4. The number of aromatic nitrogens is 2. The minimum atomic E-state index is -1.40. The molecule has 0 aliphatic rings. The van der Waals surface area contributed by atoms with E-state index in [0.29, 0.717) is 5.69 Å². The van der Waals surface area contributed by atoms with Crippen molar-refractivity contribution in [2.24, 2.45) is 5.73 Å². The molecule has 0 spiro atoms. The molecule has 0 fully saturated rings. The van der Waals surface area contributed by atoms with Gasteiger partial charge in [0.2, 0.25) is 17.7 Å². The van der Waals surface area contributed by atoms with Gasteiger partial charge >= 0.3 is 5.97 Å². The molecule has 0 aliphatic carbocycles. The second-order valence-electron chi connectivity index (χ2n) is 6.41. The molecule has 1 rings (SSSR count). The number of hydrogen-bond donors (Lipinski definition) is 7. The van der Waals surface area contributed by atoms with E-state index in [1.807, 2.05) is 0 Å². The van der Waals surface area contributed by atoms with Crippen molar-refractivity contribution in [3.63, 3.8) is 0 Å². The fourth-order valence-electron chi connectivity index (χ4n) is 2.16. The molecule has 5 atom stereocenters. The first-order chi connectivity index (χ1) is 13.0. The summed E-state index contributed by atoms with van der Waals surface area (Å²) in [5.41, 5.74) is 6.44. The number of carbonyl (C=O) groups is 4. The van der Waals surface area contributed by atoms with Crippen molar-refractivity contribution in [1.82, 2.24) is 25.9 Å². The van der Waals surface area contributed by atoms with Crippen LogP contribution in [0, 0.1) is 0 Å². The Morgan fingerprint density at radius 3 is 2.18 bits per heavy atom. The van der Waals surface area contributed by atoms with Gasteiger partial charge in [0.25, 0.3) is 0 Å². The lowest BCUT2D eigenvalue weighted by atomic mass is 10.1. The summed E-state index contributed by atoms with van der Waals surface area (Å²) in [6, 6.07) is -4.58. The maximum atomic E-state index is 12.3. The second kappa shape index (κ2) is 10.4. The summed E-state index contributed by atoms with van der Waals surface area (Å²) in [6.45, 7) is 3.89. The first-order valence-electron chi connectivity index (χ1n) is 8.57. The molecule has 28 heavy (non-hydrogen) atoms. The van der Waals surface area contributed by atoms with Crippen LogP contribution in [-0.2, 0) is 25.6 Å². The quantitative estimate of drug-likeness (QED) is 0.220. The third kappa shape index (κ3) is 6.96. The third-order valence-corrected chi connectivity index (χ3v) is 3.88. The normalized spacial score (nSPS) is 16.2. The number of nitrogens with one attached hydrogen (secondary N) is 4. The van der Waals surface area contributed by atoms with Crippen LogP contribution in [0.5, 0.6) is 0 Å². The number of aromatic amines is 1. The number of aliphatic hydroxyl groups excluding tert-OH is 1. The Balaban J connectivity index is 2.62. The van der Waals surface area contributed by atoms with Crippen molar-refractivity contribution in [2.45, 2.75) is 57.5 Å². The molecule has 3 amide bonds. The fraction of sp³-hybridized carbons (Fsp3) is 0.562. The SMILES string of the molecule is CC(NC(=O)C(NC(=O)C(C)NC(=O)C(N)Cc1cnc[nH]1)C(C)O)C(=O)O. The number of nitrogens with zero attached hydrogens (tertiary/aromatic N) is 1. The van der Waals surface area contributed by atoms with Crippen LogP contribution in [0.25, 0.3) is 0 Å². The van der Waals surface area contributed by atoms with Crippen LogP contribution in [0.15, 0.2) is 12.5 Å². The predicted octanol–water partition coefficient (Wildman–Crippen LogP) is -2.76. The number of carbonyl (C=O) groups excluding carboxylic acids is 3. The van der Waals surface area contributed by atoms with E-state index in [4.69, 9.17) is 10.8 Å². The molecule has 0 aromatic carbocycles. The summed E-state index contributed by atoms with van der Waals surface area (Å²) in [5, 5.41) is 25.4. The van der Waals surface area contributed by atoms with Crippen LogP contribution in [0.2, 0.25) is 0 Å². The van der Waals surface area contributed by atoms with E-state index in [2.05, 4.69) is 25.9 Å². The number of imidazole rings is 1. The number of rotatable bonds is 10. The van der Waals surface area contributed by atoms with Crippen molar-refractivity contribution in [1.29, 1.82) is 0 Å². The molecule has 1 heterocycles.